The number of thioether (sulfide) groups is 1. The molecule has 1 aromatic heterocycles. The molecule has 0 radical (unpaired) electrons. The summed E-state index contributed by atoms with van der Waals surface area (Å²) in [5, 5.41) is 10.3. The van der Waals surface area contributed by atoms with Gasteiger partial charge in [0.25, 0.3) is 5.91 Å². The Labute approximate surface area is 251 Å². The van der Waals surface area contributed by atoms with Crippen LogP contribution < -0.4 is 0 Å². The minimum Gasteiger partial charge on any atom is -0.339 e. The zero-order valence-electron chi connectivity index (χ0n) is 22.0. The number of nitrogens with zero attached hydrogens (tertiary/aromatic N) is 5. The Morgan fingerprint density at radius 1 is 1.00 bits per heavy atom. The standard InChI is InChI=1S/C30H29BrClN5O2S/c1-21-20-35(16-17-36(21)29(39)22-9-7-10-23(31)19-22)27(38)15-8-18-40-30-34-33-28(25-13-5-6-14-26(25)32)37(30)24-11-3-2-4-12-24/h2-7,9-14,19,21H,8,15-18,20H2,1H3. The summed E-state index contributed by atoms with van der Waals surface area (Å²) in [4.78, 5) is 29.8. The third-order valence-electron chi connectivity index (χ3n) is 6.84. The van der Waals surface area contributed by atoms with E-state index in [0.29, 0.717) is 48.9 Å². The Morgan fingerprint density at radius 2 is 1.77 bits per heavy atom. The number of benzene rings is 3. The van der Waals surface area contributed by atoms with Crippen molar-refractivity contribution < 1.29 is 9.59 Å². The highest BCUT2D eigenvalue weighted by atomic mass is 79.9. The fourth-order valence-electron chi connectivity index (χ4n) is 4.81. The van der Waals surface area contributed by atoms with Crippen molar-refractivity contribution in [2.75, 3.05) is 25.4 Å². The van der Waals surface area contributed by atoms with E-state index >= 15 is 0 Å². The minimum atomic E-state index is -0.0498. The molecule has 7 nitrogen and oxygen atoms in total. The van der Waals surface area contributed by atoms with E-state index < -0.39 is 0 Å². The van der Waals surface area contributed by atoms with E-state index in [1.807, 2.05) is 100 Å². The molecule has 1 fully saturated rings. The molecule has 206 valence electrons. The fourth-order valence-corrected chi connectivity index (χ4v) is 6.32. The van der Waals surface area contributed by atoms with E-state index in [1.165, 1.54) is 0 Å². The predicted molar refractivity (Wildman–Crippen MR) is 163 cm³/mol. The first kappa shape index (κ1) is 28.4. The van der Waals surface area contributed by atoms with Gasteiger partial charge in [-0.25, -0.2) is 0 Å². The molecule has 1 aliphatic heterocycles. The van der Waals surface area contributed by atoms with Crippen molar-refractivity contribution in [1.29, 1.82) is 0 Å². The summed E-state index contributed by atoms with van der Waals surface area (Å²) in [6.07, 6.45) is 1.15. The smallest absolute Gasteiger partial charge is 0.254 e. The summed E-state index contributed by atoms with van der Waals surface area (Å²) in [7, 11) is 0. The van der Waals surface area contributed by atoms with Crippen LogP contribution in [0.4, 0.5) is 0 Å². The number of aromatic nitrogens is 3. The zero-order chi connectivity index (χ0) is 28.1. The van der Waals surface area contributed by atoms with Crippen LogP contribution in [0.25, 0.3) is 17.1 Å². The van der Waals surface area contributed by atoms with Gasteiger partial charge in [-0.3, -0.25) is 14.2 Å². The normalized spacial score (nSPS) is 15.3. The molecule has 1 aliphatic rings. The molecule has 10 heteroatoms. The van der Waals surface area contributed by atoms with Crippen LogP contribution in [-0.2, 0) is 4.79 Å². The van der Waals surface area contributed by atoms with E-state index in [4.69, 9.17) is 11.6 Å². The second-order valence-electron chi connectivity index (χ2n) is 9.61. The second-order valence-corrected chi connectivity index (χ2v) is 12.0. The lowest BCUT2D eigenvalue weighted by Gasteiger charge is -2.40. The first-order valence-corrected chi connectivity index (χ1v) is 15.3. The van der Waals surface area contributed by atoms with E-state index in [1.54, 1.807) is 11.8 Å². The molecule has 1 saturated heterocycles. The fraction of sp³-hybridized carbons (Fsp3) is 0.267. The number of halogens is 2. The molecule has 0 saturated carbocycles. The number of hydrogen-bond acceptors (Lipinski definition) is 5. The molecular weight excluding hydrogens is 610 g/mol. The lowest BCUT2D eigenvalue weighted by atomic mass is 10.1. The minimum absolute atomic E-state index is 0.00372. The summed E-state index contributed by atoms with van der Waals surface area (Å²) < 4.78 is 2.89. The molecule has 40 heavy (non-hydrogen) atoms. The van der Waals surface area contributed by atoms with Crippen molar-refractivity contribution in [2.45, 2.75) is 31.0 Å². The number of amides is 2. The van der Waals surface area contributed by atoms with E-state index in [-0.39, 0.29) is 17.9 Å². The van der Waals surface area contributed by atoms with Gasteiger partial charge in [-0.05, 0) is 55.8 Å². The maximum absolute atomic E-state index is 13.0. The van der Waals surface area contributed by atoms with Crippen molar-refractivity contribution in [2.24, 2.45) is 0 Å². The van der Waals surface area contributed by atoms with Crippen molar-refractivity contribution in [3.63, 3.8) is 0 Å². The molecule has 1 atom stereocenters. The van der Waals surface area contributed by atoms with Crippen LogP contribution >= 0.6 is 39.3 Å². The summed E-state index contributed by atoms with van der Waals surface area (Å²) >= 11 is 11.5. The van der Waals surface area contributed by atoms with Crippen LogP contribution in [0, 0.1) is 0 Å². The van der Waals surface area contributed by atoms with Crippen LogP contribution in [0.15, 0.2) is 88.5 Å². The third-order valence-corrected chi connectivity index (χ3v) is 8.68. The molecule has 0 spiro atoms. The number of carbonyl (C=O) groups is 2. The SMILES string of the molecule is CC1CN(C(=O)CCCSc2nnc(-c3ccccc3Cl)n2-c2ccccc2)CCN1C(=O)c1cccc(Br)c1. The van der Waals surface area contributed by atoms with E-state index in [0.717, 1.165) is 26.6 Å². The molecular formula is C30H29BrClN5O2S. The Kier molecular flexibility index (Phi) is 9.24. The molecule has 0 N–H and O–H groups in total. The Morgan fingerprint density at radius 3 is 2.52 bits per heavy atom. The average molecular weight is 639 g/mol. The first-order chi connectivity index (χ1) is 19.4. The molecule has 2 heterocycles. The van der Waals surface area contributed by atoms with Gasteiger partial charge in [-0.2, -0.15) is 0 Å². The van der Waals surface area contributed by atoms with Crippen LogP contribution in [-0.4, -0.2) is 67.8 Å². The lowest BCUT2D eigenvalue weighted by Crippen LogP contribution is -2.55. The number of piperazine rings is 1. The Bertz CT molecular complexity index is 1500. The van der Waals surface area contributed by atoms with Gasteiger partial charge >= 0.3 is 0 Å². The Hall–Kier alpha value is -3.14. The average Bonchev–Trinajstić information content (AvgIpc) is 3.39. The number of rotatable bonds is 8. The highest BCUT2D eigenvalue weighted by Gasteiger charge is 2.30. The topological polar surface area (TPSA) is 71.3 Å². The second kappa shape index (κ2) is 13.0. The molecule has 5 rings (SSSR count). The Balaban J connectivity index is 1.18. The molecule has 4 aromatic rings. The lowest BCUT2D eigenvalue weighted by molar-refractivity contribution is -0.133. The summed E-state index contributed by atoms with van der Waals surface area (Å²) in [5.41, 5.74) is 2.42. The maximum Gasteiger partial charge on any atom is 0.254 e. The van der Waals surface area contributed by atoms with Crippen molar-refractivity contribution in [3.8, 4) is 17.1 Å². The van der Waals surface area contributed by atoms with Crippen molar-refractivity contribution in [1.82, 2.24) is 24.6 Å². The van der Waals surface area contributed by atoms with Crippen LogP contribution in [0.3, 0.4) is 0 Å². The predicted octanol–water partition coefficient (Wildman–Crippen LogP) is 6.60. The van der Waals surface area contributed by atoms with E-state index in [9.17, 15) is 9.59 Å². The van der Waals surface area contributed by atoms with Crippen molar-refractivity contribution in [3.05, 3.63) is 93.9 Å². The van der Waals surface area contributed by atoms with Crippen LogP contribution in [0.1, 0.15) is 30.1 Å². The largest absolute Gasteiger partial charge is 0.339 e. The zero-order valence-corrected chi connectivity index (χ0v) is 25.2. The van der Waals surface area contributed by atoms with Gasteiger partial charge in [-0.1, -0.05) is 75.7 Å². The van der Waals surface area contributed by atoms with Crippen LogP contribution in [0.2, 0.25) is 5.02 Å². The summed E-state index contributed by atoms with van der Waals surface area (Å²) in [5.74, 6) is 1.51. The number of para-hydroxylation sites is 1. The van der Waals surface area contributed by atoms with Gasteiger partial charge in [0.15, 0.2) is 11.0 Å². The van der Waals surface area contributed by atoms with E-state index in [2.05, 4.69) is 26.1 Å². The van der Waals surface area contributed by atoms with Gasteiger partial charge in [0.05, 0.1) is 5.02 Å². The monoisotopic (exact) mass is 637 g/mol. The quantitative estimate of drug-likeness (QED) is 0.161. The highest BCUT2D eigenvalue weighted by Crippen LogP contribution is 2.32. The summed E-state index contributed by atoms with van der Waals surface area (Å²) in [6.45, 7) is 3.60. The van der Waals surface area contributed by atoms with Gasteiger partial charge in [0.1, 0.15) is 0 Å². The number of hydrogen-bond donors (Lipinski definition) is 0. The third kappa shape index (κ3) is 6.43. The molecule has 0 bridgehead atoms. The van der Waals surface area contributed by atoms with Crippen LogP contribution in [0.5, 0.6) is 0 Å². The number of carbonyl (C=O) groups excluding carboxylic acids is 2. The van der Waals surface area contributed by atoms with Gasteiger partial charge in [0.2, 0.25) is 5.91 Å². The van der Waals surface area contributed by atoms with Gasteiger partial charge in [-0.15, -0.1) is 10.2 Å². The molecule has 0 aliphatic carbocycles. The van der Waals surface area contributed by atoms with Crippen molar-refractivity contribution >= 4 is 51.1 Å². The maximum atomic E-state index is 13.0. The molecule has 1 unspecified atom stereocenters. The highest BCUT2D eigenvalue weighted by molar-refractivity contribution is 9.10. The molecule has 2 amide bonds. The van der Waals surface area contributed by atoms with Gasteiger partial charge < -0.3 is 9.80 Å². The summed E-state index contributed by atoms with van der Waals surface area (Å²) in [6, 6.07) is 24.9. The first-order valence-electron chi connectivity index (χ1n) is 13.1. The van der Waals surface area contributed by atoms with Gasteiger partial charge in [0, 0.05) is 59.1 Å². The molecule has 3 aromatic carbocycles.